The van der Waals surface area contributed by atoms with Crippen molar-refractivity contribution in [3.8, 4) is 11.6 Å². The van der Waals surface area contributed by atoms with Crippen molar-refractivity contribution in [3.05, 3.63) is 64.4 Å². The zero-order valence-electron chi connectivity index (χ0n) is 15.0. The lowest BCUT2D eigenvalue weighted by atomic mass is 10.1. The van der Waals surface area contributed by atoms with Crippen LogP contribution in [-0.2, 0) is 6.42 Å². The van der Waals surface area contributed by atoms with Gasteiger partial charge in [-0.15, -0.1) is 0 Å². The minimum Gasteiger partial charge on any atom is -0.437 e. The number of nitrogen functional groups attached to an aromatic ring is 1. The van der Waals surface area contributed by atoms with Crippen molar-refractivity contribution in [1.82, 2.24) is 9.97 Å². The molecule has 26 heavy (non-hydrogen) atoms. The van der Waals surface area contributed by atoms with E-state index in [1.54, 1.807) is 0 Å². The second-order valence-corrected chi connectivity index (χ2v) is 6.43. The maximum Gasteiger partial charge on any atom is 0.248 e. The maximum absolute atomic E-state index is 6.24. The molecule has 3 N–H and O–H groups in total. The molecule has 3 aromatic rings. The molecule has 0 saturated heterocycles. The van der Waals surface area contributed by atoms with Gasteiger partial charge in [-0.25, -0.2) is 4.98 Å². The van der Waals surface area contributed by atoms with Crippen LogP contribution in [0.2, 0.25) is 5.02 Å². The summed E-state index contributed by atoms with van der Waals surface area (Å²) in [5, 5.41) is 4.00. The zero-order chi connectivity index (χ0) is 18.7. The van der Waals surface area contributed by atoms with E-state index in [-0.39, 0.29) is 0 Å². The van der Waals surface area contributed by atoms with Gasteiger partial charge in [-0.1, -0.05) is 36.7 Å². The van der Waals surface area contributed by atoms with Gasteiger partial charge in [0.1, 0.15) is 17.8 Å². The highest BCUT2D eigenvalue weighted by Gasteiger charge is 2.13. The van der Waals surface area contributed by atoms with Gasteiger partial charge >= 0.3 is 0 Å². The third kappa shape index (κ3) is 3.73. The number of halogens is 1. The average Bonchev–Trinajstić information content (AvgIpc) is 2.63. The quantitative estimate of drug-likeness (QED) is 0.628. The highest BCUT2D eigenvalue weighted by atomic mass is 35.5. The van der Waals surface area contributed by atoms with Gasteiger partial charge in [-0.2, -0.15) is 4.98 Å². The Labute approximate surface area is 158 Å². The Kier molecular flexibility index (Phi) is 5.28. The van der Waals surface area contributed by atoms with Crippen LogP contribution in [0.15, 0.2) is 42.7 Å². The monoisotopic (exact) mass is 368 g/mol. The molecule has 2 aromatic carbocycles. The van der Waals surface area contributed by atoms with E-state index in [1.807, 2.05) is 44.2 Å². The average molecular weight is 369 g/mol. The summed E-state index contributed by atoms with van der Waals surface area (Å²) in [6.07, 6.45) is 2.33. The Morgan fingerprint density at radius 3 is 2.50 bits per heavy atom. The van der Waals surface area contributed by atoms with Crippen molar-refractivity contribution < 1.29 is 4.74 Å². The van der Waals surface area contributed by atoms with E-state index in [2.05, 4.69) is 28.3 Å². The predicted molar refractivity (Wildman–Crippen MR) is 107 cm³/mol. The third-order valence-electron chi connectivity index (χ3n) is 4.12. The number of aromatic nitrogens is 2. The highest BCUT2D eigenvalue weighted by Crippen LogP contribution is 2.34. The summed E-state index contributed by atoms with van der Waals surface area (Å²) in [6.45, 7) is 5.96. The fourth-order valence-electron chi connectivity index (χ4n) is 2.72. The summed E-state index contributed by atoms with van der Waals surface area (Å²) in [5.74, 6) is 1.45. The highest BCUT2D eigenvalue weighted by molar-refractivity contribution is 6.32. The van der Waals surface area contributed by atoms with Crippen LogP contribution in [0.4, 0.5) is 17.2 Å². The van der Waals surface area contributed by atoms with E-state index in [9.17, 15) is 0 Å². The second-order valence-electron chi connectivity index (χ2n) is 6.05. The summed E-state index contributed by atoms with van der Waals surface area (Å²) < 4.78 is 5.89. The summed E-state index contributed by atoms with van der Waals surface area (Å²) >= 11 is 6.21. The normalized spacial score (nSPS) is 10.6. The molecule has 5 nitrogen and oxygen atoms in total. The number of aryl methyl sites for hydroxylation is 3. The van der Waals surface area contributed by atoms with Crippen LogP contribution in [0.25, 0.3) is 0 Å². The number of hydrogen-bond acceptors (Lipinski definition) is 5. The molecule has 0 saturated carbocycles. The van der Waals surface area contributed by atoms with Gasteiger partial charge in [0, 0.05) is 10.7 Å². The SMILES string of the molecule is CCc1ccccc1Nc1ncnc(Oc2cc(C)c(Cl)c(C)c2)c1N. The number of nitrogens with one attached hydrogen (secondary N) is 1. The minimum atomic E-state index is 0.303. The first kappa shape index (κ1) is 18.0. The molecule has 0 aliphatic carbocycles. The Balaban J connectivity index is 1.90. The van der Waals surface area contributed by atoms with E-state index in [0.29, 0.717) is 23.1 Å². The van der Waals surface area contributed by atoms with E-state index in [4.69, 9.17) is 22.1 Å². The molecule has 0 unspecified atom stereocenters. The van der Waals surface area contributed by atoms with Crippen LogP contribution in [0.1, 0.15) is 23.6 Å². The number of nitrogens with zero attached hydrogens (tertiary/aromatic N) is 2. The number of benzene rings is 2. The number of hydrogen-bond donors (Lipinski definition) is 2. The van der Waals surface area contributed by atoms with Crippen molar-refractivity contribution in [3.63, 3.8) is 0 Å². The fourth-order valence-corrected chi connectivity index (χ4v) is 2.82. The van der Waals surface area contributed by atoms with Crippen LogP contribution in [0, 0.1) is 13.8 Å². The van der Waals surface area contributed by atoms with Gasteiger partial charge in [0.15, 0.2) is 5.82 Å². The number of anilines is 3. The fraction of sp³-hybridized carbons (Fsp3) is 0.200. The lowest BCUT2D eigenvalue weighted by molar-refractivity contribution is 0.464. The van der Waals surface area contributed by atoms with E-state index >= 15 is 0 Å². The van der Waals surface area contributed by atoms with E-state index in [1.165, 1.54) is 11.9 Å². The summed E-state index contributed by atoms with van der Waals surface area (Å²) in [5.41, 5.74) is 10.6. The Bertz CT molecular complexity index is 920. The van der Waals surface area contributed by atoms with Gasteiger partial charge < -0.3 is 15.8 Å². The number of nitrogens with two attached hydrogens (primary N) is 1. The van der Waals surface area contributed by atoms with Crippen LogP contribution >= 0.6 is 11.6 Å². The number of ether oxygens (including phenoxy) is 1. The van der Waals surface area contributed by atoms with Crippen molar-refractivity contribution in [2.45, 2.75) is 27.2 Å². The predicted octanol–water partition coefficient (Wildman–Crippen LogP) is 5.43. The van der Waals surface area contributed by atoms with Gasteiger partial charge in [0.2, 0.25) is 5.88 Å². The van der Waals surface area contributed by atoms with Crippen LogP contribution < -0.4 is 15.8 Å². The lowest BCUT2D eigenvalue weighted by Crippen LogP contribution is -2.04. The number of rotatable bonds is 5. The van der Waals surface area contributed by atoms with Gasteiger partial charge in [0.25, 0.3) is 0 Å². The minimum absolute atomic E-state index is 0.303. The molecule has 0 aliphatic rings. The first-order valence-electron chi connectivity index (χ1n) is 8.39. The number of para-hydroxylation sites is 1. The molecule has 1 aromatic heterocycles. The Morgan fingerprint density at radius 2 is 1.81 bits per heavy atom. The molecule has 6 heteroatoms. The third-order valence-corrected chi connectivity index (χ3v) is 4.72. The van der Waals surface area contributed by atoms with Gasteiger partial charge in [-0.05, 0) is 55.2 Å². The molecule has 0 radical (unpaired) electrons. The van der Waals surface area contributed by atoms with E-state index < -0.39 is 0 Å². The van der Waals surface area contributed by atoms with Crippen LogP contribution in [-0.4, -0.2) is 9.97 Å². The van der Waals surface area contributed by atoms with E-state index in [0.717, 1.165) is 28.3 Å². The molecule has 0 amide bonds. The molecular weight excluding hydrogens is 348 g/mol. The smallest absolute Gasteiger partial charge is 0.248 e. The topological polar surface area (TPSA) is 73.1 Å². The first-order chi connectivity index (χ1) is 12.5. The van der Waals surface area contributed by atoms with Crippen molar-refractivity contribution in [2.75, 3.05) is 11.1 Å². The Hall–Kier alpha value is -2.79. The van der Waals surface area contributed by atoms with Crippen molar-refractivity contribution in [2.24, 2.45) is 0 Å². The first-order valence-corrected chi connectivity index (χ1v) is 8.77. The summed E-state index contributed by atoms with van der Waals surface area (Å²) in [4.78, 5) is 8.42. The molecule has 0 atom stereocenters. The molecular formula is C20H21ClN4O. The van der Waals surface area contributed by atoms with Crippen molar-refractivity contribution >= 4 is 28.8 Å². The molecule has 0 fully saturated rings. The van der Waals surface area contributed by atoms with Gasteiger partial charge in [-0.3, -0.25) is 0 Å². The maximum atomic E-state index is 6.24. The molecule has 0 spiro atoms. The van der Waals surface area contributed by atoms with Crippen LogP contribution in [0.3, 0.4) is 0 Å². The second kappa shape index (κ2) is 7.62. The van der Waals surface area contributed by atoms with Gasteiger partial charge in [0.05, 0.1) is 0 Å². The molecule has 1 heterocycles. The lowest BCUT2D eigenvalue weighted by Gasteiger charge is -2.14. The molecule has 3 rings (SSSR count). The standard InChI is InChI=1S/C20H21ClN4O/c1-4-14-7-5-6-8-16(14)25-19-18(22)20(24-11-23-19)26-15-9-12(2)17(21)13(3)10-15/h5-11H,4,22H2,1-3H3,(H,23,24,25). The zero-order valence-corrected chi connectivity index (χ0v) is 15.8. The Morgan fingerprint density at radius 1 is 1.12 bits per heavy atom. The van der Waals surface area contributed by atoms with Crippen molar-refractivity contribution in [1.29, 1.82) is 0 Å². The van der Waals surface area contributed by atoms with Crippen LogP contribution in [0.5, 0.6) is 11.6 Å². The molecule has 134 valence electrons. The summed E-state index contributed by atoms with van der Waals surface area (Å²) in [6, 6.07) is 11.7. The summed E-state index contributed by atoms with van der Waals surface area (Å²) in [7, 11) is 0. The molecule has 0 aliphatic heterocycles. The largest absolute Gasteiger partial charge is 0.437 e. The molecule has 0 bridgehead atoms.